The average Bonchev–Trinajstić information content (AvgIpc) is 2.45. The van der Waals surface area contributed by atoms with Crippen molar-refractivity contribution in [2.24, 2.45) is 11.3 Å². The summed E-state index contributed by atoms with van der Waals surface area (Å²) >= 11 is 0. The van der Waals surface area contributed by atoms with Crippen molar-refractivity contribution < 1.29 is 0 Å². The molecule has 1 rings (SSSR count). The summed E-state index contributed by atoms with van der Waals surface area (Å²) in [6, 6.07) is 0.798. The van der Waals surface area contributed by atoms with E-state index in [1.54, 1.807) is 0 Å². The van der Waals surface area contributed by atoms with Gasteiger partial charge in [-0.3, -0.25) is 0 Å². The average molecular weight is 183 g/mol. The van der Waals surface area contributed by atoms with Crippen LogP contribution in [0.4, 0.5) is 0 Å². The van der Waals surface area contributed by atoms with Gasteiger partial charge in [-0.2, -0.15) is 0 Å². The number of hydrogen-bond donors (Lipinski definition) is 1. The Bertz CT molecular complexity index is 153. The maximum atomic E-state index is 3.64. The first-order chi connectivity index (χ1) is 6.08. The molecular formula is C12H25N. The van der Waals surface area contributed by atoms with Crippen molar-refractivity contribution in [1.29, 1.82) is 0 Å². The third-order valence-electron chi connectivity index (χ3n) is 3.85. The standard InChI is InChI=1S/C12H25N/c1-5-8-13-11-6-7-12(4,9-11)10(2)3/h10-11,13H,5-9H2,1-4H3. The smallest absolute Gasteiger partial charge is 0.00725 e. The SMILES string of the molecule is CCCNC1CCC(C)(C(C)C)C1. The molecule has 1 saturated carbocycles. The molecule has 1 aliphatic rings. The van der Waals surface area contributed by atoms with Crippen LogP contribution in [0.25, 0.3) is 0 Å². The Labute approximate surface area is 83.3 Å². The summed E-state index contributed by atoms with van der Waals surface area (Å²) in [7, 11) is 0. The largest absolute Gasteiger partial charge is 0.314 e. The minimum atomic E-state index is 0.603. The van der Waals surface area contributed by atoms with Gasteiger partial charge in [0, 0.05) is 6.04 Å². The lowest BCUT2D eigenvalue weighted by Crippen LogP contribution is -2.29. The summed E-state index contributed by atoms with van der Waals surface area (Å²) in [6.07, 6.45) is 5.43. The summed E-state index contributed by atoms with van der Waals surface area (Å²) in [5.41, 5.74) is 0.603. The molecule has 0 aliphatic heterocycles. The summed E-state index contributed by atoms with van der Waals surface area (Å²) in [5.74, 6) is 0.834. The second-order valence-electron chi connectivity index (χ2n) is 5.20. The molecule has 0 aromatic carbocycles. The predicted molar refractivity (Wildman–Crippen MR) is 58.9 cm³/mol. The predicted octanol–water partition coefficient (Wildman–Crippen LogP) is 3.20. The van der Waals surface area contributed by atoms with Crippen molar-refractivity contribution in [2.75, 3.05) is 6.54 Å². The number of hydrogen-bond acceptors (Lipinski definition) is 1. The highest BCUT2D eigenvalue weighted by Gasteiger charge is 2.36. The number of rotatable bonds is 4. The van der Waals surface area contributed by atoms with E-state index in [0.29, 0.717) is 5.41 Å². The highest BCUT2D eigenvalue weighted by molar-refractivity contribution is 4.90. The first kappa shape index (κ1) is 11.0. The van der Waals surface area contributed by atoms with Crippen LogP contribution in [0.3, 0.4) is 0 Å². The van der Waals surface area contributed by atoms with Gasteiger partial charge < -0.3 is 5.32 Å². The Hall–Kier alpha value is -0.0400. The summed E-state index contributed by atoms with van der Waals surface area (Å²) in [4.78, 5) is 0. The van der Waals surface area contributed by atoms with E-state index >= 15 is 0 Å². The first-order valence-corrected chi connectivity index (χ1v) is 5.82. The molecule has 2 atom stereocenters. The Morgan fingerprint density at radius 2 is 2.15 bits per heavy atom. The molecule has 13 heavy (non-hydrogen) atoms. The van der Waals surface area contributed by atoms with Gasteiger partial charge in [-0.05, 0) is 43.6 Å². The quantitative estimate of drug-likeness (QED) is 0.706. The maximum absolute atomic E-state index is 3.64. The zero-order valence-corrected chi connectivity index (χ0v) is 9.69. The van der Waals surface area contributed by atoms with Crippen molar-refractivity contribution in [1.82, 2.24) is 5.32 Å². The molecule has 0 heterocycles. The van der Waals surface area contributed by atoms with Crippen LogP contribution in [0.5, 0.6) is 0 Å². The topological polar surface area (TPSA) is 12.0 Å². The molecule has 0 aromatic heterocycles. The summed E-state index contributed by atoms with van der Waals surface area (Å²) in [6.45, 7) is 10.6. The molecule has 2 unspecified atom stereocenters. The van der Waals surface area contributed by atoms with Crippen LogP contribution in [0.15, 0.2) is 0 Å². The van der Waals surface area contributed by atoms with Crippen LogP contribution in [0, 0.1) is 11.3 Å². The minimum absolute atomic E-state index is 0.603. The molecule has 0 aromatic rings. The van der Waals surface area contributed by atoms with Gasteiger partial charge in [-0.15, -0.1) is 0 Å². The van der Waals surface area contributed by atoms with Crippen molar-refractivity contribution in [3.05, 3.63) is 0 Å². The molecule has 1 fully saturated rings. The van der Waals surface area contributed by atoms with E-state index in [9.17, 15) is 0 Å². The zero-order valence-electron chi connectivity index (χ0n) is 9.69. The maximum Gasteiger partial charge on any atom is 0.00725 e. The third kappa shape index (κ3) is 2.70. The van der Waals surface area contributed by atoms with E-state index in [0.717, 1.165) is 12.0 Å². The van der Waals surface area contributed by atoms with Gasteiger partial charge in [0.25, 0.3) is 0 Å². The molecule has 0 saturated heterocycles. The lowest BCUT2D eigenvalue weighted by atomic mass is 9.77. The van der Waals surface area contributed by atoms with Crippen LogP contribution in [-0.4, -0.2) is 12.6 Å². The van der Waals surface area contributed by atoms with E-state index in [1.165, 1.54) is 32.2 Å². The van der Waals surface area contributed by atoms with Gasteiger partial charge in [-0.1, -0.05) is 27.7 Å². The summed E-state index contributed by atoms with van der Waals surface area (Å²) in [5, 5.41) is 3.64. The molecule has 1 N–H and O–H groups in total. The van der Waals surface area contributed by atoms with E-state index < -0.39 is 0 Å². The van der Waals surface area contributed by atoms with Gasteiger partial charge in [0.05, 0.1) is 0 Å². The lowest BCUT2D eigenvalue weighted by Gasteiger charge is -2.29. The molecule has 78 valence electrons. The van der Waals surface area contributed by atoms with Crippen molar-refractivity contribution >= 4 is 0 Å². The third-order valence-corrected chi connectivity index (χ3v) is 3.85. The second-order valence-corrected chi connectivity index (χ2v) is 5.20. The fraction of sp³-hybridized carbons (Fsp3) is 1.00. The van der Waals surface area contributed by atoms with Crippen LogP contribution < -0.4 is 5.32 Å². The Morgan fingerprint density at radius 1 is 1.46 bits per heavy atom. The second kappa shape index (κ2) is 4.45. The van der Waals surface area contributed by atoms with Gasteiger partial charge in [-0.25, -0.2) is 0 Å². The van der Waals surface area contributed by atoms with Crippen LogP contribution >= 0.6 is 0 Å². The van der Waals surface area contributed by atoms with Crippen LogP contribution in [-0.2, 0) is 0 Å². The molecule has 1 nitrogen and oxygen atoms in total. The van der Waals surface area contributed by atoms with Gasteiger partial charge in [0.2, 0.25) is 0 Å². The summed E-state index contributed by atoms with van der Waals surface area (Å²) < 4.78 is 0. The van der Waals surface area contributed by atoms with Crippen molar-refractivity contribution in [2.45, 2.75) is 59.4 Å². The van der Waals surface area contributed by atoms with Crippen molar-refractivity contribution in [3.8, 4) is 0 Å². The molecule has 0 amide bonds. The normalized spacial score (nSPS) is 34.4. The fourth-order valence-electron chi connectivity index (χ4n) is 2.32. The van der Waals surface area contributed by atoms with Crippen LogP contribution in [0.1, 0.15) is 53.4 Å². The molecular weight excluding hydrogens is 158 g/mol. The molecule has 0 spiro atoms. The highest BCUT2D eigenvalue weighted by Crippen LogP contribution is 2.43. The Kier molecular flexibility index (Phi) is 3.78. The van der Waals surface area contributed by atoms with E-state index in [4.69, 9.17) is 0 Å². The van der Waals surface area contributed by atoms with E-state index in [-0.39, 0.29) is 0 Å². The van der Waals surface area contributed by atoms with Crippen LogP contribution in [0.2, 0.25) is 0 Å². The number of nitrogens with one attached hydrogen (secondary N) is 1. The van der Waals surface area contributed by atoms with Gasteiger partial charge in [0.1, 0.15) is 0 Å². The highest BCUT2D eigenvalue weighted by atomic mass is 14.9. The van der Waals surface area contributed by atoms with Gasteiger partial charge in [0.15, 0.2) is 0 Å². The minimum Gasteiger partial charge on any atom is -0.314 e. The lowest BCUT2D eigenvalue weighted by molar-refractivity contribution is 0.221. The molecule has 1 heteroatoms. The molecule has 0 radical (unpaired) electrons. The van der Waals surface area contributed by atoms with Crippen molar-refractivity contribution in [3.63, 3.8) is 0 Å². The Morgan fingerprint density at radius 3 is 2.62 bits per heavy atom. The Balaban J connectivity index is 2.35. The first-order valence-electron chi connectivity index (χ1n) is 5.82. The molecule has 1 aliphatic carbocycles. The molecule has 0 bridgehead atoms. The van der Waals surface area contributed by atoms with E-state index in [2.05, 4.69) is 33.0 Å². The monoisotopic (exact) mass is 183 g/mol. The fourth-order valence-corrected chi connectivity index (χ4v) is 2.32. The zero-order chi connectivity index (χ0) is 9.90. The van der Waals surface area contributed by atoms with E-state index in [1.807, 2.05) is 0 Å². The van der Waals surface area contributed by atoms with Gasteiger partial charge >= 0.3 is 0 Å².